The predicted octanol–water partition coefficient (Wildman–Crippen LogP) is 6.32. The minimum atomic E-state index is -0.476. The third-order valence-electron chi connectivity index (χ3n) is 6.93. The minimum absolute atomic E-state index is 0.0536. The molecule has 1 atom stereocenters. The van der Waals surface area contributed by atoms with Crippen LogP contribution in [-0.2, 0) is 17.6 Å². The summed E-state index contributed by atoms with van der Waals surface area (Å²) in [6, 6.07) is 29.2. The van der Waals surface area contributed by atoms with E-state index in [1.54, 1.807) is 15.9 Å². The summed E-state index contributed by atoms with van der Waals surface area (Å²) in [5.74, 6) is -0.115. The Morgan fingerprint density at radius 3 is 2.16 bits per heavy atom. The van der Waals surface area contributed by atoms with Crippen LogP contribution in [0.3, 0.4) is 0 Å². The normalized spacial score (nSPS) is 13.5. The molecule has 1 unspecified atom stereocenters. The lowest BCUT2D eigenvalue weighted by atomic mass is 9.98. The second-order valence-corrected chi connectivity index (χ2v) is 11.8. The van der Waals surface area contributed by atoms with Crippen LogP contribution in [-0.4, -0.2) is 20.7 Å². The smallest absolute Gasteiger partial charge is 0.267 e. The van der Waals surface area contributed by atoms with E-state index in [9.17, 15) is 9.59 Å². The summed E-state index contributed by atoms with van der Waals surface area (Å²) < 4.78 is 1.67. The Morgan fingerprint density at radius 1 is 0.921 bits per heavy atom. The number of aryl methyl sites for hydroxylation is 2. The van der Waals surface area contributed by atoms with E-state index in [1.807, 2.05) is 97.9 Å². The third kappa shape index (κ3) is 4.68. The van der Waals surface area contributed by atoms with Gasteiger partial charge in [0.05, 0.1) is 22.4 Å². The van der Waals surface area contributed by atoms with Gasteiger partial charge in [-0.3, -0.25) is 14.2 Å². The van der Waals surface area contributed by atoms with E-state index in [0.717, 1.165) is 51.9 Å². The molecule has 5 nitrogen and oxygen atoms in total. The van der Waals surface area contributed by atoms with Gasteiger partial charge < -0.3 is 5.32 Å². The molecule has 0 radical (unpaired) electrons. The molecule has 5 aromatic rings. The van der Waals surface area contributed by atoms with Gasteiger partial charge in [0.2, 0.25) is 5.91 Å². The highest BCUT2D eigenvalue weighted by molar-refractivity contribution is 8.00. The van der Waals surface area contributed by atoms with Gasteiger partial charge in [0.25, 0.3) is 5.56 Å². The van der Waals surface area contributed by atoms with Crippen molar-refractivity contribution in [3.63, 3.8) is 0 Å². The Hall–Kier alpha value is -3.68. The lowest BCUT2D eigenvalue weighted by Gasteiger charge is -2.22. The monoisotopic (exact) mass is 537 g/mol. The van der Waals surface area contributed by atoms with Crippen LogP contribution in [0.25, 0.3) is 15.9 Å². The van der Waals surface area contributed by atoms with E-state index in [4.69, 9.17) is 4.98 Å². The van der Waals surface area contributed by atoms with E-state index < -0.39 is 5.25 Å². The number of benzene rings is 3. The zero-order valence-electron chi connectivity index (χ0n) is 21.0. The molecule has 0 fully saturated rings. The largest absolute Gasteiger partial charge is 0.344 e. The van der Waals surface area contributed by atoms with Crippen molar-refractivity contribution in [1.29, 1.82) is 0 Å². The number of nitrogens with zero attached hydrogens (tertiary/aromatic N) is 2. The zero-order valence-corrected chi connectivity index (χ0v) is 22.6. The summed E-state index contributed by atoms with van der Waals surface area (Å²) in [7, 11) is 0. The number of carbonyl (C=O) groups excluding carboxylic acids is 1. The maximum Gasteiger partial charge on any atom is 0.267 e. The van der Waals surface area contributed by atoms with Gasteiger partial charge in [0, 0.05) is 4.88 Å². The molecule has 1 amide bonds. The maximum atomic E-state index is 13.9. The van der Waals surface area contributed by atoms with Crippen LogP contribution in [0.4, 0.5) is 0 Å². The second-order valence-electron chi connectivity index (χ2n) is 9.43. The molecule has 1 N–H and O–H groups in total. The molecule has 1 aliphatic carbocycles. The van der Waals surface area contributed by atoms with E-state index in [2.05, 4.69) is 5.32 Å². The first-order valence-corrected chi connectivity index (χ1v) is 14.5. The lowest BCUT2D eigenvalue weighted by molar-refractivity contribution is -0.120. The topological polar surface area (TPSA) is 64.0 Å². The Bertz CT molecular complexity index is 1610. The molecular formula is C31H27N3O2S2. The van der Waals surface area contributed by atoms with Gasteiger partial charge in [-0.15, -0.1) is 11.3 Å². The molecule has 38 heavy (non-hydrogen) atoms. The Labute approximate surface area is 229 Å². The first-order valence-electron chi connectivity index (χ1n) is 12.8. The number of carbonyl (C=O) groups is 1. The number of rotatable bonds is 7. The summed E-state index contributed by atoms with van der Waals surface area (Å²) in [5.41, 5.74) is 3.88. The van der Waals surface area contributed by atoms with E-state index in [-0.39, 0.29) is 17.5 Å². The number of hydrogen-bond acceptors (Lipinski definition) is 5. The summed E-state index contributed by atoms with van der Waals surface area (Å²) >= 11 is 2.94. The van der Waals surface area contributed by atoms with Crippen LogP contribution < -0.4 is 10.9 Å². The van der Waals surface area contributed by atoms with Gasteiger partial charge in [-0.2, -0.15) is 0 Å². The van der Waals surface area contributed by atoms with Crippen molar-refractivity contribution in [2.45, 2.75) is 42.6 Å². The lowest BCUT2D eigenvalue weighted by Crippen LogP contribution is -2.35. The van der Waals surface area contributed by atoms with Gasteiger partial charge in [0.1, 0.15) is 4.83 Å². The van der Waals surface area contributed by atoms with Crippen molar-refractivity contribution in [1.82, 2.24) is 14.9 Å². The molecule has 2 aromatic heterocycles. The molecule has 2 heterocycles. The molecule has 6 rings (SSSR count). The summed E-state index contributed by atoms with van der Waals surface area (Å²) in [4.78, 5) is 34.5. The van der Waals surface area contributed by atoms with Crippen LogP contribution in [0.2, 0.25) is 0 Å². The average molecular weight is 538 g/mol. The highest BCUT2D eigenvalue weighted by Crippen LogP contribution is 2.36. The first kappa shape index (κ1) is 24.6. The van der Waals surface area contributed by atoms with Gasteiger partial charge in [0.15, 0.2) is 5.16 Å². The standard InChI is InChI=1S/C31H27N3O2S2/c1-20(28(35)32-27(21-12-5-2-6-13-21)22-14-7-3-8-15-22)37-31-33-29-26(24-18-11-19-25(24)38-29)30(36)34(31)23-16-9-4-10-17-23/h2-10,12-17,20,27H,11,18-19H2,1H3,(H,32,35). The highest BCUT2D eigenvalue weighted by atomic mass is 32.2. The number of para-hydroxylation sites is 1. The van der Waals surface area contributed by atoms with Crippen molar-refractivity contribution in [3.05, 3.63) is 123 Å². The maximum absolute atomic E-state index is 13.9. The van der Waals surface area contributed by atoms with Crippen molar-refractivity contribution >= 4 is 39.2 Å². The number of aromatic nitrogens is 2. The third-order valence-corrected chi connectivity index (χ3v) is 9.16. The molecule has 190 valence electrons. The molecule has 0 bridgehead atoms. The van der Waals surface area contributed by atoms with Gasteiger partial charge in [-0.1, -0.05) is 90.6 Å². The second kappa shape index (κ2) is 10.6. The number of thioether (sulfide) groups is 1. The van der Waals surface area contributed by atoms with Crippen LogP contribution in [0.5, 0.6) is 0 Å². The number of fused-ring (bicyclic) bond motifs is 3. The van der Waals surface area contributed by atoms with Crippen LogP contribution >= 0.6 is 23.1 Å². The summed E-state index contributed by atoms with van der Waals surface area (Å²) in [6.07, 6.45) is 3.01. The van der Waals surface area contributed by atoms with Crippen LogP contribution in [0.15, 0.2) is 101 Å². The van der Waals surface area contributed by atoms with E-state index >= 15 is 0 Å². The molecule has 3 aromatic carbocycles. The molecule has 0 aliphatic heterocycles. The fourth-order valence-electron chi connectivity index (χ4n) is 5.03. The van der Waals surface area contributed by atoms with Crippen molar-refractivity contribution in [2.24, 2.45) is 0 Å². The number of amides is 1. The predicted molar refractivity (Wildman–Crippen MR) is 155 cm³/mol. The summed E-state index contributed by atoms with van der Waals surface area (Å²) in [6.45, 7) is 1.87. The van der Waals surface area contributed by atoms with Gasteiger partial charge >= 0.3 is 0 Å². The molecular weight excluding hydrogens is 510 g/mol. The fraction of sp³-hybridized carbons (Fsp3) is 0.194. The van der Waals surface area contributed by atoms with Crippen LogP contribution in [0.1, 0.15) is 41.0 Å². The van der Waals surface area contributed by atoms with Gasteiger partial charge in [-0.25, -0.2) is 4.98 Å². The highest BCUT2D eigenvalue weighted by Gasteiger charge is 2.27. The van der Waals surface area contributed by atoms with Crippen molar-refractivity contribution in [3.8, 4) is 5.69 Å². The number of hydrogen-bond donors (Lipinski definition) is 1. The SMILES string of the molecule is CC(Sc1nc2sc3c(c2c(=O)n1-c1ccccc1)CCC3)C(=O)NC(c1ccccc1)c1ccccc1. The molecule has 7 heteroatoms. The Kier molecular flexibility index (Phi) is 6.87. The number of thiophene rings is 1. The van der Waals surface area contributed by atoms with Crippen molar-refractivity contribution in [2.75, 3.05) is 0 Å². The van der Waals surface area contributed by atoms with Crippen molar-refractivity contribution < 1.29 is 4.79 Å². The average Bonchev–Trinajstić information content (AvgIpc) is 3.54. The van der Waals surface area contributed by atoms with E-state index in [1.165, 1.54) is 16.6 Å². The molecule has 0 saturated heterocycles. The fourth-order valence-corrected chi connectivity index (χ4v) is 7.27. The molecule has 0 saturated carbocycles. The van der Waals surface area contributed by atoms with Crippen LogP contribution in [0, 0.1) is 0 Å². The Balaban J connectivity index is 1.35. The number of nitrogens with one attached hydrogen (secondary N) is 1. The molecule has 0 spiro atoms. The quantitative estimate of drug-likeness (QED) is 0.195. The first-order chi connectivity index (χ1) is 18.6. The summed E-state index contributed by atoms with van der Waals surface area (Å²) in [5, 5.41) is 4.04. The van der Waals surface area contributed by atoms with Gasteiger partial charge in [-0.05, 0) is 55.0 Å². The zero-order chi connectivity index (χ0) is 26.1. The minimum Gasteiger partial charge on any atom is -0.344 e. The van der Waals surface area contributed by atoms with E-state index in [0.29, 0.717) is 5.16 Å². The molecule has 1 aliphatic rings. The Morgan fingerprint density at radius 2 is 1.53 bits per heavy atom.